The number of fused-ring (bicyclic) bond motifs is 5. The highest BCUT2D eigenvalue weighted by atomic mass is 16.7. The Morgan fingerprint density at radius 2 is 1.59 bits per heavy atom. The highest BCUT2D eigenvalue weighted by Crippen LogP contribution is 2.67. The Bertz CT molecular complexity index is 905. The second-order valence-corrected chi connectivity index (χ2v) is 15.7. The van der Waals surface area contributed by atoms with Crippen molar-refractivity contribution in [2.75, 3.05) is 6.61 Å². The van der Waals surface area contributed by atoms with Gasteiger partial charge in [0, 0.05) is 0 Å². The fourth-order valence-corrected chi connectivity index (χ4v) is 10.7. The molecule has 15 atom stereocenters. The van der Waals surface area contributed by atoms with E-state index in [2.05, 4.69) is 53.7 Å². The number of aliphatic hydroxyl groups excluding tert-OH is 4. The molecule has 5 aliphatic rings. The average Bonchev–Trinajstić information content (AvgIpc) is 3.30. The van der Waals surface area contributed by atoms with E-state index >= 15 is 0 Å². The third kappa shape index (κ3) is 5.73. The maximum atomic E-state index is 10.5. The molecule has 1 aliphatic heterocycles. The lowest BCUT2D eigenvalue weighted by Crippen LogP contribution is -2.60. The maximum absolute atomic E-state index is 10.5. The fraction of sp³-hybridized carbons (Fsp3) is 0.943. The van der Waals surface area contributed by atoms with Gasteiger partial charge in [0.2, 0.25) is 0 Å². The molecule has 236 valence electrons. The van der Waals surface area contributed by atoms with E-state index in [1.165, 1.54) is 44.9 Å². The number of hydrogen-bond donors (Lipinski definition) is 4. The van der Waals surface area contributed by atoms with E-state index < -0.39 is 37.3 Å². The summed E-state index contributed by atoms with van der Waals surface area (Å²) >= 11 is 0. The lowest BCUT2D eigenvalue weighted by atomic mass is 9.46. The SMILES string of the molecule is CC[C@H](CC[C@@H](C)[C@H]1CC[C@H]2[C@@H]3C=C[C@H]4C[C@@H](O[C@@H]5O[C@H](CO)[C@@H](O)[C@H](O)[C@H]5O)CC[C@]4(C)[C@H]3CC[C@]12C)C(C)C. The molecule has 6 heteroatoms. The molecule has 1 saturated heterocycles. The van der Waals surface area contributed by atoms with Gasteiger partial charge in [-0.05, 0) is 110 Å². The number of ether oxygens (including phenoxy) is 2. The van der Waals surface area contributed by atoms with Gasteiger partial charge in [-0.3, -0.25) is 0 Å². The van der Waals surface area contributed by atoms with Crippen molar-refractivity contribution in [3.05, 3.63) is 12.2 Å². The smallest absolute Gasteiger partial charge is 0.186 e. The second kappa shape index (κ2) is 12.5. The van der Waals surface area contributed by atoms with Crippen LogP contribution in [0.15, 0.2) is 12.2 Å². The van der Waals surface area contributed by atoms with Crippen molar-refractivity contribution >= 4 is 0 Å². The quantitative estimate of drug-likeness (QED) is 0.263. The van der Waals surface area contributed by atoms with E-state index in [-0.39, 0.29) is 11.5 Å². The van der Waals surface area contributed by atoms with Gasteiger partial charge in [-0.25, -0.2) is 0 Å². The molecular weight excluding hydrogens is 516 g/mol. The molecule has 1 heterocycles. The normalized spacial score (nSPS) is 49.3. The Balaban J connectivity index is 1.24. The van der Waals surface area contributed by atoms with E-state index in [9.17, 15) is 20.4 Å². The molecule has 4 aliphatic carbocycles. The highest BCUT2D eigenvalue weighted by Gasteiger charge is 2.59. The van der Waals surface area contributed by atoms with Crippen molar-refractivity contribution in [1.82, 2.24) is 0 Å². The molecule has 6 nitrogen and oxygen atoms in total. The Labute approximate surface area is 249 Å². The third-order valence-corrected chi connectivity index (χ3v) is 13.5. The lowest BCUT2D eigenvalue weighted by molar-refractivity contribution is -0.315. The number of hydrogen-bond acceptors (Lipinski definition) is 6. The molecule has 0 radical (unpaired) electrons. The predicted octanol–water partition coefficient (Wildman–Crippen LogP) is 5.70. The van der Waals surface area contributed by atoms with E-state index in [0.29, 0.717) is 23.2 Å². The van der Waals surface area contributed by atoms with Gasteiger partial charge in [0.15, 0.2) is 6.29 Å². The fourth-order valence-electron chi connectivity index (χ4n) is 10.7. The van der Waals surface area contributed by atoms with Crippen LogP contribution in [0.1, 0.15) is 106 Å². The van der Waals surface area contributed by atoms with Gasteiger partial charge < -0.3 is 29.9 Å². The molecule has 0 amide bonds. The Morgan fingerprint density at radius 1 is 0.878 bits per heavy atom. The Hall–Kier alpha value is -0.500. The van der Waals surface area contributed by atoms with Crippen LogP contribution in [-0.2, 0) is 9.47 Å². The molecule has 5 rings (SSSR count). The molecule has 0 bridgehead atoms. The van der Waals surface area contributed by atoms with Gasteiger partial charge in [0.25, 0.3) is 0 Å². The summed E-state index contributed by atoms with van der Waals surface area (Å²) in [6, 6.07) is 0. The predicted molar refractivity (Wildman–Crippen MR) is 161 cm³/mol. The van der Waals surface area contributed by atoms with Gasteiger partial charge in [0.1, 0.15) is 24.4 Å². The Morgan fingerprint density at radius 3 is 2.27 bits per heavy atom. The Kier molecular flexibility index (Phi) is 9.71. The summed E-state index contributed by atoms with van der Waals surface area (Å²) < 4.78 is 11.9. The topological polar surface area (TPSA) is 99.4 Å². The molecule has 4 N–H and O–H groups in total. The minimum Gasteiger partial charge on any atom is -0.394 e. The minimum absolute atomic E-state index is 0.0842. The third-order valence-electron chi connectivity index (χ3n) is 13.5. The second-order valence-electron chi connectivity index (χ2n) is 15.7. The monoisotopic (exact) mass is 576 g/mol. The van der Waals surface area contributed by atoms with Crippen LogP contribution in [0.3, 0.4) is 0 Å². The minimum atomic E-state index is -1.40. The summed E-state index contributed by atoms with van der Waals surface area (Å²) in [4.78, 5) is 0. The van der Waals surface area contributed by atoms with Gasteiger partial charge >= 0.3 is 0 Å². The van der Waals surface area contributed by atoms with E-state index in [1.807, 2.05) is 0 Å². The van der Waals surface area contributed by atoms with Crippen LogP contribution in [0, 0.1) is 58.2 Å². The lowest BCUT2D eigenvalue weighted by Gasteiger charge is -2.59. The zero-order chi connectivity index (χ0) is 29.7. The van der Waals surface area contributed by atoms with Crippen LogP contribution in [0.2, 0.25) is 0 Å². The van der Waals surface area contributed by atoms with Gasteiger partial charge in [-0.2, -0.15) is 0 Å². The first kappa shape index (κ1) is 31.9. The summed E-state index contributed by atoms with van der Waals surface area (Å²) in [5, 5.41) is 40.4. The summed E-state index contributed by atoms with van der Waals surface area (Å²) in [6.45, 7) is 14.5. The zero-order valence-electron chi connectivity index (χ0n) is 26.6. The van der Waals surface area contributed by atoms with Crippen molar-refractivity contribution in [2.24, 2.45) is 58.2 Å². The number of allylic oxidation sites excluding steroid dienone is 2. The standard InChI is InChI=1S/C35H60O6/c1-7-22(20(2)3)9-8-21(4)26-12-13-27-25-11-10-23-18-24(14-16-34(23,5)28(25)15-17-35(26,27)6)40-33-32(39)31(38)30(37)29(19-36)41-33/h10-11,20-33,36-39H,7-9,12-19H2,1-6H3/t21-,22-,23+,24+,25+,26-,27+,28+,29-,30-,31+,32-,33-,34+,35-/m1/s1. The molecular formula is C35H60O6. The summed E-state index contributed by atoms with van der Waals surface area (Å²) in [7, 11) is 0. The van der Waals surface area contributed by atoms with Crippen molar-refractivity contribution in [2.45, 2.75) is 143 Å². The van der Waals surface area contributed by atoms with Gasteiger partial charge in [0.05, 0.1) is 12.7 Å². The molecule has 0 aromatic carbocycles. The van der Waals surface area contributed by atoms with Gasteiger partial charge in [-0.15, -0.1) is 0 Å². The summed E-state index contributed by atoms with van der Waals surface area (Å²) in [5.74, 6) is 5.90. The first-order valence-corrected chi connectivity index (χ1v) is 17.1. The van der Waals surface area contributed by atoms with Crippen LogP contribution < -0.4 is 0 Å². The molecule has 3 saturated carbocycles. The van der Waals surface area contributed by atoms with Gasteiger partial charge in [-0.1, -0.05) is 66.5 Å². The summed E-state index contributed by atoms with van der Waals surface area (Å²) in [5.41, 5.74) is 0.711. The number of aliphatic hydroxyl groups is 4. The highest BCUT2D eigenvalue weighted by molar-refractivity contribution is 5.18. The molecule has 0 aromatic rings. The average molecular weight is 577 g/mol. The van der Waals surface area contributed by atoms with Crippen LogP contribution in [0.25, 0.3) is 0 Å². The summed E-state index contributed by atoms with van der Waals surface area (Å²) in [6.07, 6.45) is 11.3. The van der Waals surface area contributed by atoms with Crippen molar-refractivity contribution in [3.8, 4) is 0 Å². The molecule has 41 heavy (non-hydrogen) atoms. The van der Waals surface area contributed by atoms with Crippen molar-refractivity contribution in [1.29, 1.82) is 0 Å². The molecule has 4 fully saturated rings. The van der Waals surface area contributed by atoms with Crippen LogP contribution >= 0.6 is 0 Å². The van der Waals surface area contributed by atoms with Crippen molar-refractivity contribution in [3.63, 3.8) is 0 Å². The first-order valence-electron chi connectivity index (χ1n) is 17.1. The van der Waals surface area contributed by atoms with E-state index in [4.69, 9.17) is 9.47 Å². The van der Waals surface area contributed by atoms with Crippen LogP contribution in [-0.4, -0.2) is 63.8 Å². The largest absolute Gasteiger partial charge is 0.394 e. The van der Waals surface area contributed by atoms with E-state index in [1.54, 1.807) is 0 Å². The van der Waals surface area contributed by atoms with Crippen LogP contribution in [0.5, 0.6) is 0 Å². The first-order chi connectivity index (χ1) is 19.4. The molecule has 0 aromatic heterocycles. The molecule has 0 unspecified atom stereocenters. The number of rotatable bonds is 9. The van der Waals surface area contributed by atoms with Crippen molar-refractivity contribution < 1.29 is 29.9 Å². The van der Waals surface area contributed by atoms with E-state index in [0.717, 1.165) is 48.9 Å². The zero-order valence-corrected chi connectivity index (χ0v) is 26.6. The van der Waals surface area contributed by atoms with Crippen LogP contribution in [0.4, 0.5) is 0 Å². The maximum Gasteiger partial charge on any atom is 0.186 e. The molecule has 0 spiro atoms.